The highest BCUT2D eigenvalue weighted by atomic mass is 16.7. The van der Waals surface area contributed by atoms with Crippen molar-refractivity contribution in [3.8, 4) is 0 Å². The Labute approximate surface area is 257 Å². The summed E-state index contributed by atoms with van der Waals surface area (Å²) in [5.41, 5.74) is -6.66. The minimum absolute atomic E-state index is 0.0944. The predicted octanol–water partition coefficient (Wildman–Crippen LogP) is 2.20. The summed E-state index contributed by atoms with van der Waals surface area (Å²) in [7, 11) is 0. The van der Waals surface area contributed by atoms with Crippen LogP contribution in [0.3, 0.4) is 0 Å². The zero-order valence-electron chi connectivity index (χ0n) is 26.5. The second-order valence-electron chi connectivity index (χ2n) is 13.2. The van der Waals surface area contributed by atoms with E-state index in [0.717, 1.165) is 39.5 Å². The fourth-order valence-electron chi connectivity index (χ4n) is 7.45. The van der Waals surface area contributed by atoms with Gasteiger partial charge in [-0.1, -0.05) is 51.7 Å². The van der Waals surface area contributed by atoms with Crippen molar-refractivity contribution in [2.24, 2.45) is 11.3 Å². The maximum Gasteiger partial charge on any atom is 0.342 e. The van der Waals surface area contributed by atoms with Crippen LogP contribution in [0.25, 0.3) is 0 Å². The van der Waals surface area contributed by atoms with Gasteiger partial charge in [-0.05, 0) is 38.8 Å². The number of hydrogen-bond acceptors (Lipinski definition) is 12. The van der Waals surface area contributed by atoms with Crippen LogP contribution in [-0.4, -0.2) is 92.6 Å². The molecule has 0 amide bonds. The summed E-state index contributed by atoms with van der Waals surface area (Å²) >= 11 is 0. The maximum absolute atomic E-state index is 13.2. The largest absolute Gasteiger partial charge is 0.459 e. The molecule has 44 heavy (non-hydrogen) atoms. The van der Waals surface area contributed by atoms with Gasteiger partial charge in [-0.15, -0.1) is 0 Å². The fourth-order valence-corrected chi connectivity index (χ4v) is 7.45. The number of hydrogen-bond donors (Lipinski definition) is 3. The Hall–Kier alpha value is -2.80. The topological polar surface area (TPSA) is 178 Å². The highest BCUT2D eigenvalue weighted by molar-refractivity contribution is 5.89. The average Bonchev–Trinajstić information content (AvgIpc) is 3.52. The molecule has 2 aliphatic heterocycles. The Bertz CT molecular complexity index is 1220. The fraction of sp³-hybridized carbons (Fsp3) is 0.750. The number of ether oxygens (including phenoxy) is 5. The van der Waals surface area contributed by atoms with Crippen molar-refractivity contribution < 1.29 is 58.2 Å². The van der Waals surface area contributed by atoms with Gasteiger partial charge in [0.1, 0.15) is 24.4 Å². The second kappa shape index (κ2) is 12.2. The van der Waals surface area contributed by atoms with Gasteiger partial charge in [-0.25, -0.2) is 4.79 Å². The molecule has 3 N–H and O–H groups in total. The molecule has 1 spiro atoms. The Balaban J connectivity index is 1.90. The first-order valence-electron chi connectivity index (χ1n) is 15.4. The van der Waals surface area contributed by atoms with E-state index >= 15 is 0 Å². The molecule has 0 bridgehead atoms. The van der Waals surface area contributed by atoms with Crippen molar-refractivity contribution >= 4 is 23.9 Å². The molecule has 12 heteroatoms. The SMILES string of the molecule is CCCCCCCC(=O)O[C@H]1/C(C)=C\[C@@H]2OC(=O)[C@]3(C)O[C@]23[C@@H](OC(C)=O)[C@H]2[C@](C)(O)[C@H](O)C=C[C@]2(C)[C@@H](OC(C)=O)[C@@H]1O. The summed E-state index contributed by atoms with van der Waals surface area (Å²) in [4.78, 5) is 51.4. The van der Waals surface area contributed by atoms with E-state index in [1.165, 1.54) is 32.1 Å². The first-order valence-corrected chi connectivity index (χ1v) is 15.4. The number of aliphatic hydroxyl groups is 3. The van der Waals surface area contributed by atoms with Crippen molar-refractivity contribution in [2.75, 3.05) is 0 Å². The molecule has 2 saturated heterocycles. The number of carbonyl (C=O) groups excluding carboxylic acids is 4. The molecule has 2 fully saturated rings. The molecular formula is C32H46O12. The van der Waals surface area contributed by atoms with Crippen LogP contribution in [0.1, 0.15) is 87.0 Å². The third kappa shape index (κ3) is 5.59. The lowest BCUT2D eigenvalue weighted by Gasteiger charge is -2.55. The van der Waals surface area contributed by atoms with Crippen molar-refractivity contribution in [1.82, 2.24) is 0 Å². The van der Waals surface area contributed by atoms with Crippen LogP contribution >= 0.6 is 0 Å². The Morgan fingerprint density at radius 3 is 2.16 bits per heavy atom. The summed E-state index contributed by atoms with van der Waals surface area (Å²) in [5.74, 6) is -4.22. The molecule has 0 saturated carbocycles. The standard InChI is InChI=1S/C32H46O12/c1-8-9-10-11-12-13-22(36)43-24-17(2)16-21-32(31(7,44-32)28(38)42-21)27(41-19(4)34)25-29(5,15-14-20(35)30(25,6)39)26(23(24)37)40-18(3)33/h14-16,20-21,23-27,35,37,39H,8-13H2,1-7H3/b17-16-/t20-,21+,23-,24+,25-,26+,27+,29+,30-,31+,32+/m1/s1. The van der Waals surface area contributed by atoms with Gasteiger partial charge < -0.3 is 39.0 Å². The van der Waals surface area contributed by atoms with E-state index in [0.29, 0.717) is 6.42 Å². The minimum Gasteiger partial charge on any atom is -0.459 e. The van der Waals surface area contributed by atoms with Crippen LogP contribution in [0, 0.1) is 11.3 Å². The molecule has 4 rings (SSSR count). The summed E-state index contributed by atoms with van der Waals surface area (Å²) in [6.45, 7) is 10.3. The van der Waals surface area contributed by atoms with Crippen LogP contribution in [0.15, 0.2) is 23.8 Å². The number of unbranched alkanes of at least 4 members (excludes halogenated alkanes) is 4. The summed E-state index contributed by atoms with van der Waals surface area (Å²) in [6.07, 6.45) is 0.122. The van der Waals surface area contributed by atoms with Crippen LogP contribution in [0.5, 0.6) is 0 Å². The molecular weight excluding hydrogens is 576 g/mol. The van der Waals surface area contributed by atoms with Gasteiger partial charge in [0.05, 0.1) is 5.60 Å². The smallest absolute Gasteiger partial charge is 0.342 e. The van der Waals surface area contributed by atoms with E-state index in [4.69, 9.17) is 23.7 Å². The highest BCUT2D eigenvalue weighted by Crippen LogP contribution is 2.65. The van der Waals surface area contributed by atoms with E-state index in [1.807, 2.05) is 0 Å². The first-order chi connectivity index (χ1) is 20.5. The molecule has 4 aliphatic rings. The number of esters is 4. The van der Waals surface area contributed by atoms with Crippen LogP contribution in [0.2, 0.25) is 0 Å². The monoisotopic (exact) mass is 622 g/mol. The Morgan fingerprint density at radius 1 is 0.955 bits per heavy atom. The number of carbonyl (C=O) groups is 4. The van der Waals surface area contributed by atoms with Crippen molar-refractivity contribution in [2.45, 2.75) is 140 Å². The van der Waals surface area contributed by atoms with E-state index in [-0.39, 0.29) is 12.0 Å². The zero-order chi connectivity index (χ0) is 32.8. The van der Waals surface area contributed by atoms with Gasteiger partial charge in [0, 0.05) is 31.6 Å². The molecule has 0 aromatic rings. The first kappa shape index (κ1) is 34.1. The van der Waals surface area contributed by atoms with Crippen molar-refractivity contribution in [1.29, 1.82) is 0 Å². The lowest BCUT2D eigenvalue weighted by Crippen LogP contribution is -2.68. The molecule has 0 aromatic heterocycles. The number of rotatable bonds is 9. The van der Waals surface area contributed by atoms with Gasteiger partial charge in [0.25, 0.3) is 0 Å². The van der Waals surface area contributed by atoms with E-state index < -0.39 is 88.6 Å². The number of fused-ring (bicyclic) bond motifs is 1. The third-order valence-electron chi connectivity index (χ3n) is 9.81. The van der Waals surface area contributed by atoms with Gasteiger partial charge in [-0.2, -0.15) is 0 Å². The van der Waals surface area contributed by atoms with Crippen molar-refractivity contribution in [3.05, 3.63) is 23.8 Å². The van der Waals surface area contributed by atoms with Gasteiger partial charge in [-0.3, -0.25) is 14.4 Å². The number of epoxide rings is 1. The molecule has 2 aliphatic carbocycles. The minimum atomic E-state index is -2.08. The normalized spacial score (nSPS) is 43.7. The molecule has 0 unspecified atom stereocenters. The van der Waals surface area contributed by atoms with Gasteiger partial charge >= 0.3 is 23.9 Å². The Kier molecular flexibility index (Phi) is 9.44. The number of aliphatic hydroxyl groups excluding tert-OH is 2. The highest BCUT2D eigenvalue weighted by Gasteiger charge is 2.88. The average molecular weight is 623 g/mol. The lowest BCUT2D eigenvalue weighted by molar-refractivity contribution is -0.226. The molecule has 11 atom stereocenters. The van der Waals surface area contributed by atoms with Crippen LogP contribution < -0.4 is 0 Å². The Morgan fingerprint density at radius 2 is 1.57 bits per heavy atom. The predicted molar refractivity (Wildman–Crippen MR) is 154 cm³/mol. The van der Waals surface area contributed by atoms with Crippen LogP contribution in [-0.2, 0) is 42.9 Å². The van der Waals surface area contributed by atoms with Gasteiger partial charge in [0.2, 0.25) is 0 Å². The summed E-state index contributed by atoms with van der Waals surface area (Å²) < 4.78 is 29.3. The van der Waals surface area contributed by atoms with E-state index in [9.17, 15) is 34.5 Å². The quantitative estimate of drug-likeness (QED) is 0.112. The second-order valence-corrected chi connectivity index (χ2v) is 13.2. The molecule has 0 radical (unpaired) electrons. The van der Waals surface area contributed by atoms with Gasteiger partial charge in [0.15, 0.2) is 23.4 Å². The molecule has 12 nitrogen and oxygen atoms in total. The maximum atomic E-state index is 13.2. The molecule has 246 valence electrons. The van der Waals surface area contributed by atoms with Crippen molar-refractivity contribution in [3.63, 3.8) is 0 Å². The van der Waals surface area contributed by atoms with E-state index in [2.05, 4.69) is 6.92 Å². The summed E-state index contributed by atoms with van der Waals surface area (Å²) in [5, 5.41) is 34.9. The lowest BCUT2D eigenvalue weighted by atomic mass is 9.55. The summed E-state index contributed by atoms with van der Waals surface area (Å²) in [6, 6.07) is 0. The van der Waals surface area contributed by atoms with E-state index in [1.54, 1.807) is 13.8 Å². The third-order valence-corrected chi connectivity index (χ3v) is 9.81. The molecule has 0 aromatic carbocycles. The van der Waals surface area contributed by atoms with Crippen LogP contribution in [0.4, 0.5) is 0 Å². The molecule has 2 heterocycles. The zero-order valence-corrected chi connectivity index (χ0v) is 26.5.